The predicted octanol–water partition coefficient (Wildman–Crippen LogP) is 5.38. The third-order valence-electron chi connectivity index (χ3n) is 3.82. The molecule has 2 aromatic heterocycles. The summed E-state index contributed by atoms with van der Waals surface area (Å²) in [6.07, 6.45) is 0. The van der Waals surface area contributed by atoms with Crippen molar-refractivity contribution in [2.45, 2.75) is 0 Å². The maximum absolute atomic E-state index is 13.7. The number of benzene rings is 2. The van der Waals surface area contributed by atoms with Crippen molar-refractivity contribution in [3.8, 4) is 0 Å². The summed E-state index contributed by atoms with van der Waals surface area (Å²) < 4.78 is 46.0. The van der Waals surface area contributed by atoms with E-state index in [1.54, 1.807) is 24.3 Å². The molecule has 2 aromatic carbocycles. The van der Waals surface area contributed by atoms with Gasteiger partial charge in [-0.15, -0.1) is 11.3 Å². The number of halogens is 4. The van der Waals surface area contributed by atoms with Crippen LogP contribution in [-0.4, -0.2) is 23.5 Å². The highest BCUT2D eigenvalue weighted by Crippen LogP contribution is 2.35. The van der Waals surface area contributed by atoms with Crippen molar-refractivity contribution in [2.24, 2.45) is 0 Å². The average molecular weight is 457 g/mol. The highest BCUT2D eigenvalue weighted by molar-refractivity contribution is 7.22. The highest BCUT2D eigenvalue weighted by Gasteiger charge is 2.21. The van der Waals surface area contributed by atoms with Gasteiger partial charge in [0.1, 0.15) is 10.4 Å². The molecule has 5 nitrogen and oxygen atoms in total. The number of thiazole rings is 1. The molecular weight excluding hydrogens is 449 g/mol. The first kappa shape index (κ1) is 19.6. The van der Waals surface area contributed by atoms with Crippen LogP contribution in [0.15, 0.2) is 30.3 Å². The minimum atomic E-state index is -1.64. The van der Waals surface area contributed by atoms with E-state index in [4.69, 9.17) is 16.3 Å². The van der Waals surface area contributed by atoms with Gasteiger partial charge in [0.05, 0.1) is 9.72 Å². The average Bonchev–Trinajstić information content (AvgIpc) is 3.25. The maximum atomic E-state index is 13.7. The quantitative estimate of drug-likeness (QED) is 0.331. The van der Waals surface area contributed by atoms with Crippen molar-refractivity contribution in [1.29, 1.82) is 0 Å². The molecule has 1 amide bonds. The number of esters is 1. The molecule has 0 saturated carbocycles. The van der Waals surface area contributed by atoms with Gasteiger partial charge in [-0.3, -0.25) is 10.1 Å². The lowest BCUT2D eigenvalue weighted by molar-refractivity contribution is -0.119. The Morgan fingerprint density at radius 3 is 2.62 bits per heavy atom. The van der Waals surface area contributed by atoms with Crippen LogP contribution in [0.4, 0.5) is 18.3 Å². The summed E-state index contributed by atoms with van der Waals surface area (Å²) in [5.41, 5.74) is -0.404. The fourth-order valence-corrected chi connectivity index (χ4v) is 4.83. The standard InChI is InChI=1S/C18H8ClF3N2O3S2/c19-12-7-3-1-2-4-9(7)28-16(12)17(26)27-6-11(25)23-18-24-15-10(29-18)5-8(20)13(21)14(15)22/h1-5H,6H2,(H,23,24,25). The minimum Gasteiger partial charge on any atom is -0.451 e. The topological polar surface area (TPSA) is 68.3 Å². The SMILES string of the molecule is O=C(COC(=O)c1sc2ccccc2c1Cl)Nc1nc2c(F)c(F)c(F)cc2s1. The first-order valence-electron chi connectivity index (χ1n) is 7.93. The Labute approximate surface area is 173 Å². The Kier molecular flexibility index (Phi) is 5.15. The molecule has 0 bridgehead atoms. The zero-order valence-electron chi connectivity index (χ0n) is 14.1. The Morgan fingerprint density at radius 2 is 1.86 bits per heavy atom. The number of carbonyl (C=O) groups is 2. The van der Waals surface area contributed by atoms with E-state index in [0.29, 0.717) is 5.39 Å². The summed E-state index contributed by atoms with van der Waals surface area (Å²) >= 11 is 8.07. The molecule has 148 valence electrons. The fourth-order valence-electron chi connectivity index (χ4n) is 2.53. The van der Waals surface area contributed by atoms with E-state index in [2.05, 4.69) is 10.3 Å². The second kappa shape index (κ2) is 7.62. The van der Waals surface area contributed by atoms with Crippen molar-refractivity contribution >= 4 is 71.6 Å². The molecule has 0 fully saturated rings. The first-order chi connectivity index (χ1) is 13.8. The van der Waals surface area contributed by atoms with Crippen LogP contribution in [0.3, 0.4) is 0 Å². The van der Waals surface area contributed by atoms with Crippen LogP contribution in [0.2, 0.25) is 5.02 Å². The van der Waals surface area contributed by atoms with Crippen LogP contribution in [0.25, 0.3) is 20.3 Å². The third kappa shape index (κ3) is 3.66. The highest BCUT2D eigenvalue weighted by atomic mass is 35.5. The number of anilines is 1. The monoisotopic (exact) mass is 456 g/mol. The molecule has 0 aliphatic rings. The number of amides is 1. The van der Waals surface area contributed by atoms with Crippen LogP contribution < -0.4 is 5.32 Å². The van der Waals surface area contributed by atoms with Crippen LogP contribution in [0.5, 0.6) is 0 Å². The van der Waals surface area contributed by atoms with Gasteiger partial charge in [0.15, 0.2) is 29.2 Å². The smallest absolute Gasteiger partial charge is 0.350 e. The van der Waals surface area contributed by atoms with E-state index in [1.165, 1.54) is 0 Å². The maximum Gasteiger partial charge on any atom is 0.350 e. The molecule has 0 spiro atoms. The van der Waals surface area contributed by atoms with Crippen molar-refractivity contribution in [3.05, 3.63) is 57.7 Å². The molecule has 0 saturated heterocycles. The molecule has 0 atom stereocenters. The summed E-state index contributed by atoms with van der Waals surface area (Å²) in [6, 6.07) is 7.92. The molecule has 0 aliphatic carbocycles. The molecule has 0 radical (unpaired) electrons. The van der Waals surface area contributed by atoms with Crippen LogP contribution in [-0.2, 0) is 9.53 Å². The molecule has 11 heteroatoms. The molecule has 0 unspecified atom stereocenters. The van der Waals surface area contributed by atoms with Gasteiger partial charge in [-0.05, 0) is 12.1 Å². The fraction of sp³-hybridized carbons (Fsp3) is 0.0556. The van der Waals surface area contributed by atoms with E-state index >= 15 is 0 Å². The molecule has 4 aromatic rings. The zero-order chi connectivity index (χ0) is 20.7. The predicted molar refractivity (Wildman–Crippen MR) is 105 cm³/mol. The Hall–Kier alpha value is -2.69. The van der Waals surface area contributed by atoms with Crippen LogP contribution in [0.1, 0.15) is 9.67 Å². The molecule has 29 heavy (non-hydrogen) atoms. The van der Waals surface area contributed by atoms with Gasteiger partial charge >= 0.3 is 5.97 Å². The van der Waals surface area contributed by atoms with Gasteiger partial charge in [-0.25, -0.2) is 22.9 Å². The van der Waals surface area contributed by atoms with Gasteiger partial charge in [0.25, 0.3) is 5.91 Å². The first-order valence-corrected chi connectivity index (χ1v) is 9.94. The van der Waals surface area contributed by atoms with Crippen molar-refractivity contribution in [1.82, 2.24) is 4.98 Å². The largest absolute Gasteiger partial charge is 0.451 e. The molecule has 0 aliphatic heterocycles. The van der Waals surface area contributed by atoms with Gasteiger partial charge in [0, 0.05) is 10.1 Å². The Balaban J connectivity index is 1.44. The van der Waals surface area contributed by atoms with Gasteiger partial charge < -0.3 is 4.74 Å². The molecule has 4 rings (SSSR count). The number of hydrogen-bond donors (Lipinski definition) is 1. The summed E-state index contributed by atoms with van der Waals surface area (Å²) in [4.78, 5) is 28.1. The van der Waals surface area contributed by atoms with E-state index in [9.17, 15) is 22.8 Å². The number of rotatable bonds is 4. The molecular formula is C18H8ClF3N2O3S2. The minimum absolute atomic E-state index is 0.0192. The summed E-state index contributed by atoms with van der Waals surface area (Å²) in [5.74, 6) is -5.97. The normalized spacial score (nSPS) is 11.2. The number of fused-ring (bicyclic) bond motifs is 2. The number of carbonyl (C=O) groups excluding carboxylic acids is 2. The van der Waals surface area contributed by atoms with Crippen LogP contribution in [0, 0.1) is 17.5 Å². The Bertz CT molecular complexity index is 1290. The van der Waals surface area contributed by atoms with E-state index < -0.39 is 41.5 Å². The van der Waals surface area contributed by atoms with E-state index in [0.717, 1.165) is 33.4 Å². The zero-order valence-corrected chi connectivity index (χ0v) is 16.5. The van der Waals surface area contributed by atoms with Gasteiger partial charge in [-0.2, -0.15) is 0 Å². The summed E-state index contributed by atoms with van der Waals surface area (Å²) in [7, 11) is 0. The Morgan fingerprint density at radius 1 is 1.10 bits per heavy atom. The summed E-state index contributed by atoms with van der Waals surface area (Å²) in [6.45, 7) is -0.648. The molecule has 1 N–H and O–H groups in total. The lowest BCUT2D eigenvalue weighted by Gasteiger charge is -2.03. The number of nitrogens with one attached hydrogen (secondary N) is 1. The number of nitrogens with zero attached hydrogens (tertiary/aromatic N) is 1. The molecule has 2 heterocycles. The third-order valence-corrected chi connectivity index (χ3v) is 6.40. The van der Waals surface area contributed by atoms with Crippen LogP contribution >= 0.6 is 34.3 Å². The number of hydrogen-bond acceptors (Lipinski definition) is 6. The number of aromatic nitrogens is 1. The van der Waals surface area contributed by atoms with Crippen molar-refractivity contribution in [2.75, 3.05) is 11.9 Å². The van der Waals surface area contributed by atoms with Gasteiger partial charge in [-0.1, -0.05) is 41.1 Å². The van der Waals surface area contributed by atoms with Gasteiger partial charge in [0.2, 0.25) is 0 Å². The number of ether oxygens (including phenoxy) is 1. The van der Waals surface area contributed by atoms with Crippen molar-refractivity contribution < 1.29 is 27.5 Å². The van der Waals surface area contributed by atoms with E-state index in [1.807, 2.05) is 0 Å². The second-order valence-electron chi connectivity index (χ2n) is 5.72. The summed E-state index contributed by atoms with van der Waals surface area (Å²) in [5, 5.41) is 3.14. The second-order valence-corrected chi connectivity index (χ2v) is 8.18. The number of thiophene rings is 1. The lowest BCUT2D eigenvalue weighted by atomic mass is 10.2. The van der Waals surface area contributed by atoms with Crippen molar-refractivity contribution in [3.63, 3.8) is 0 Å². The van der Waals surface area contributed by atoms with E-state index in [-0.39, 0.29) is 19.7 Å². The lowest BCUT2D eigenvalue weighted by Crippen LogP contribution is -2.20.